The molecule has 6 nitrogen and oxygen atoms in total. The minimum Gasteiger partial charge on any atom is -0.508 e. The van der Waals surface area contributed by atoms with Crippen molar-refractivity contribution in [1.29, 1.82) is 0 Å². The molecule has 0 aliphatic rings. The minimum atomic E-state index is -1.12. The number of anilines is 1. The number of carboxylic acid groups (broad SMARTS) is 1. The molecule has 166 valence electrons. The van der Waals surface area contributed by atoms with Crippen LogP contribution in [0.3, 0.4) is 0 Å². The third-order valence-electron chi connectivity index (χ3n) is 4.06. The number of rotatable bonds is 9. The summed E-state index contributed by atoms with van der Waals surface area (Å²) in [4.78, 5) is 15.1. The largest absolute Gasteiger partial charge is 0.508 e. The van der Waals surface area contributed by atoms with Gasteiger partial charge in [-0.15, -0.1) is 0 Å². The molecule has 2 aromatic rings. The third-order valence-corrected chi connectivity index (χ3v) is 5.38. The number of aromatic nitrogens is 1. The molecule has 0 saturated carbocycles. The van der Waals surface area contributed by atoms with Gasteiger partial charge >= 0.3 is 5.97 Å². The first-order valence-corrected chi connectivity index (χ1v) is 10.8. The highest BCUT2D eigenvalue weighted by molar-refractivity contribution is 7.98. The van der Waals surface area contributed by atoms with Crippen LogP contribution in [-0.4, -0.2) is 39.2 Å². The van der Waals surface area contributed by atoms with Crippen LogP contribution >= 0.6 is 35.0 Å². The molecule has 30 heavy (non-hydrogen) atoms. The van der Waals surface area contributed by atoms with Gasteiger partial charge in [0.1, 0.15) is 27.6 Å². The third kappa shape index (κ3) is 6.30. The highest BCUT2D eigenvalue weighted by Gasteiger charge is 2.24. The summed E-state index contributed by atoms with van der Waals surface area (Å²) in [5.74, 6) is -1.57. The SMILES string of the molecule is C.CSCC[C@H](Nc1nc(F)c(Cl)c(Oc2ccc(O)c(C(C)C)c2)c1Cl)C(=O)O. The van der Waals surface area contributed by atoms with E-state index in [1.807, 2.05) is 20.1 Å². The predicted octanol–water partition coefficient (Wildman–Crippen LogP) is 6.40. The van der Waals surface area contributed by atoms with E-state index >= 15 is 0 Å². The van der Waals surface area contributed by atoms with E-state index in [-0.39, 0.29) is 47.9 Å². The van der Waals surface area contributed by atoms with Gasteiger partial charge in [0.15, 0.2) is 11.6 Å². The molecule has 0 aliphatic carbocycles. The van der Waals surface area contributed by atoms with Crippen molar-refractivity contribution >= 4 is 46.8 Å². The summed E-state index contributed by atoms with van der Waals surface area (Å²) in [6.07, 6.45) is 2.13. The number of carboxylic acids is 1. The summed E-state index contributed by atoms with van der Waals surface area (Å²) in [5, 5.41) is 21.4. The normalized spacial score (nSPS) is 11.7. The van der Waals surface area contributed by atoms with Crippen LogP contribution in [0.5, 0.6) is 17.2 Å². The first kappa shape index (κ1) is 26.1. The number of nitrogens with one attached hydrogen (secondary N) is 1. The lowest BCUT2D eigenvalue weighted by atomic mass is 10.0. The van der Waals surface area contributed by atoms with E-state index in [0.717, 1.165) is 0 Å². The highest BCUT2D eigenvalue weighted by Crippen LogP contribution is 2.42. The summed E-state index contributed by atoms with van der Waals surface area (Å²) >= 11 is 13.8. The van der Waals surface area contributed by atoms with Gasteiger partial charge in [-0.1, -0.05) is 44.5 Å². The van der Waals surface area contributed by atoms with Gasteiger partial charge in [0.05, 0.1) is 0 Å². The Labute approximate surface area is 189 Å². The molecule has 1 aromatic carbocycles. The number of ether oxygens (including phenoxy) is 1. The number of phenolic OH excluding ortho intramolecular Hbond substituents is 1. The average Bonchev–Trinajstić information content (AvgIpc) is 2.66. The number of carbonyl (C=O) groups is 1. The molecule has 0 radical (unpaired) electrons. The van der Waals surface area contributed by atoms with Gasteiger partial charge in [-0.05, 0) is 42.5 Å². The lowest BCUT2D eigenvalue weighted by Gasteiger charge is -2.18. The average molecular weight is 479 g/mol. The van der Waals surface area contributed by atoms with E-state index in [1.54, 1.807) is 6.07 Å². The number of hydrogen-bond acceptors (Lipinski definition) is 6. The Morgan fingerprint density at radius 2 is 2.00 bits per heavy atom. The zero-order valence-electron chi connectivity index (χ0n) is 16.0. The second kappa shape index (κ2) is 11.5. The molecule has 3 N–H and O–H groups in total. The Bertz CT molecular complexity index is 900. The number of hydrogen-bond donors (Lipinski definition) is 3. The fourth-order valence-electron chi connectivity index (χ4n) is 2.51. The van der Waals surface area contributed by atoms with Gasteiger partial charge in [0.25, 0.3) is 0 Å². The van der Waals surface area contributed by atoms with E-state index in [2.05, 4.69) is 10.3 Å². The van der Waals surface area contributed by atoms with Gasteiger partial charge < -0.3 is 20.3 Å². The second-order valence-corrected chi connectivity index (χ2v) is 8.24. The van der Waals surface area contributed by atoms with Crippen LogP contribution < -0.4 is 10.1 Å². The van der Waals surface area contributed by atoms with E-state index in [1.165, 1.54) is 23.9 Å². The number of phenols is 1. The Kier molecular flexibility index (Phi) is 10.0. The molecular weight excluding hydrogens is 454 g/mol. The predicted molar refractivity (Wildman–Crippen MR) is 121 cm³/mol. The Hall–Kier alpha value is -1.90. The molecule has 1 heterocycles. The van der Waals surface area contributed by atoms with Crippen molar-refractivity contribution in [2.75, 3.05) is 17.3 Å². The van der Waals surface area contributed by atoms with Crippen molar-refractivity contribution in [3.63, 3.8) is 0 Å². The maximum Gasteiger partial charge on any atom is 0.326 e. The lowest BCUT2D eigenvalue weighted by Crippen LogP contribution is -2.30. The number of aliphatic carboxylic acids is 1. The van der Waals surface area contributed by atoms with Crippen molar-refractivity contribution in [3.8, 4) is 17.2 Å². The van der Waals surface area contributed by atoms with Crippen LogP contribution in [0.4, 0.5) is 10.2 Å². The molecule has 0 spiro atoms. The van der Waals surface area contributed by atoms with Crippen molar-refractivity contribution in [2.45, 2.75) is 39.7 Å². The van der Waals surface area contributed by atoms with E-state index in [9.17, 15) is 19.4 Å². The van der Waals surface area contributed by atoms with E-state index < -0.39 is 23.0 Å². The van der Waals surface area contributed by atoms with Crippen LogP contribution in [0.2, 0.25) is 10.0 Å². The maximum absolute atomic E-state index is 14.3. The summed E-state index contributed by atoms with van der Waals surface area (Å²) < 4.78 is 20.0. The molecule has 0 aliphatic heterocycles. The molecule has 2 rings (SSSR count). The standard InChI is InChI=1S/C19H21Cl2FN2O4S.CH4/c1-9(2)11-8-10(4-5-13(11)25)28-16-14(20)17(22)24-18(15(16)21)23-12(19(26)27)6-7-29-3;/h4-5,8-9,12,25H,6-7H2,1-3H3,(H,23,24)(H,26,27);1H4/t12-;/m0./s1. The van der Waals surface area contributed by atoms with Crippen molar-refractivity contribution in [3.05, 3.63) is 39.8 Å². The number of nitrogens with zero attached hydrogens (tertiary/aromatic N) is 1. The van der Waals surface area contributed by atoms with Crippen molar-refractivity contribution in [2.24, 2.45) is 0 Å². The monoisotopic (exact) mass is 478 g/mol. The highest BCUT2D eigenvalue weighted by atomic mass is 35.5. The van der Waals surface area contributed by atoms with Gasteiger partial charge in [-0.3, -0.25) is 0 Å². The second-order valence-electron chi connectivity index (χ2n) is 6.50. The number of benzene rings is 1. The minimum absolute atomic E-state index is 0. The number of pyridine rings is 1. The molecular formula is C20H25Cl2FN2O4S. The maximum atomic E-state index is 14.3. The number of thioether (sulfide) groups is 1. The smallest absolute Gasteiger partial charge is 0.326 e. The number of aromatic hydroxyl groups is 1. The van der Waals surface area contributed by atoms with Gasteiger partial charge in [0.2, 0.25) is 5.95 Å². The quantitative estimate of drug-likeness (QED) is 0.358. The van der Waals surface area contributed by atoms with Crippen LogP contribution in [-0.2, 0) is 4.79 Å². The zero-order valence-corrected chi connectivity index (χ0v) is 18.3. The zero-order chi connectivity index (χ0) is 21.7. The summed E-state index contributed by atoms with van der Waals surface area (Å²) in [6.45, 7) is 3.79. The molecule has 1 atom stereocenters. The first-order valence-electron chi connectivity index (χ1n) is 8.69. The lowest BCUT2D eigenvalue weighted by molar-refractivity contribution is -0.137. The van der Waals surface area contributed by atoms with E-state index in [4.69, 9.17) is 27.9 Å². The molecule has 10 heteroatoms. The van der Waals surface area contributed by atoms with Crippen LogP contribution in [0.1, 0.15) is 39.2 Å². The fraction of sp³-hybridized carbons (Fsp3) is 0.400. The fourth-order valence-corrected chi connectivity index (χ4v) is 3.44. The van der Waals surface area contributed by atoms with Crippen molar-refractivity contribution in [1.82, 2.24) is 4.98 Å². The van der Waals surface area contributed by atoms with Gasteiger partial charge in [-0.25, -0.2) is 4.79 Å². The summed E-state index contributed by atoms with van der Waals surface area (Å²) in [5.41, 5.74) is 0.630. The molecule has 1 aromatic heterocycles. The first-order chi connectivity index (χ1) is 13.6. The van der Waals surface area contributed by atoms with Crippen LogP contribution in [0.25, 0.3) is 0 Å². The van der Waals surface area contributed by atoms with Crippen molar-refractivity contribution < 1.29 is 24.1 Å². The van der Waals surface area contributed by atoms with Crippen LogP contribution in [0.15, 0.2) is 18.2 Å². The summed E-state index contributed by atoms with van der Waals surface area (Å²) in [6, 6.07) is 3.52. The van der Waals surface area contributed by atoms with Gasteiger partial charge in [-0.2, -0.15) is 21.1 Å². The Morgan fingerprint density at radius 3 is 2.57 bits per heavy atom. The Balaban J connectivity index is 0.00000450. The molecule has 0 bridgehead atoms. The Morgan fingerprint density at radius 1 is 1.33 bits per heavy atom. The van der Waals surface area contributed by atoms with Gasteiger partial charge in [0, 0.05) is 5.56 Å². The number of halogens is 3. The van der Waals surface area contributed by atoms with Crippen LogP contribution in [0, 0.1) is 5.95 Å². The molecule has 0 amide bonds. The molecule has 0 fully saturated rings. The topological polar surface area (TPSA) is 91.7 Å². The molecule has 0 saturated heterocycles. The summed E-state index contributed by atoms with van der Waals surface area (Å²) in [7, 11) is 0. The molecule has 0 unspecified atom stereocenters. The van der Waals surface area contributed by atoms with E-state index in [0.29, 0.717) is 11.3 Å².